The summed E-state index contributed by atoms with van der Waals surface area (Å²) in [5, 5.41) is 8.99. The molecule has 1 fully saturated rings. The number of carbonyl (C=O) groups excluding carboxylic acids is 2. The zero-order valence-corrected chi connectivity index (χ0v) is 11.2. The summed E-state index contributed by atoms with van der Waals surface area (Å²) in [5.74, 6) is -2.11. The fraction of sp³-hybridized carbons (Fsp3) is 0.769. The zero-order chi connectivity index (χ0) is 13.9. The van der Waals surface area contributed by atoms with E-state index in [1.54, 1.807) is 20.8 Å². The fourth-order valence-electron chi connectivity index (χ4n) is 1.38. The Kier molecular flexibility index (Phi) is 4.33. The molecule has 0 N–H and O–H groups in total. The minimum absolute atomic E-state index is 0.0505. The summed E-state index contributed by atoms with van der Waals surface area (Å²) >= 11 is 0. The SMILES string of the molecule is CC(OC(=O)C1CC1)C(C#N)C(=O)OC(C)(C)C. The molecule has 0 spiro atoms. The van der Waals surface area contributed by atoms with E-state index in [0.717, 1.165) is 12.8 Å². The predicted octanol–water partition coefficient (Wildman–Crippen LogP) is 1.81. The summed E-state index contributed by atoms with van der Waals surface area (Å²) in [6, 6.07) is 1.84. The molecule has 1 rings (SSSR count). The molecule has 0 aromatic rings. The van der Waals surface area contributed by atoms with Crippen molar-refractivity contribution in [3.63, 3.8) is 0 Å². The maximum absolute atomic E-state index is 11.8. The molecule has 5 heteroatoms. The third-order valence-electron chi connectivity index (χ3n) is 2.48. The molecule has 100 valence electrons. The lowest BCUT2D eigenvalue weighted by molar-refractivity contribution is -0.165. The second-order valence-corrected chi connectivity index (χ2v) is 5.56. The maximum Gasteiger partial charge on any atom is 0.327 e. The number of nitriles is 1. The van der Waals surface area contributed by atoms with E-state index in [2.05, 4.69) is 0 Å². The third-order valence-corrected chi connectivity index (χ3v) is 2.48. The minimum Gasteiger partial charge on any atom is -0.460 e. The fourth-order valence-corrected chi connectivity index (χ4v) is 1.38. The molecule has 0 aromatic carbocycles. The van der Waals surface area contributed by atoms with Crippen LogP contribution in [0.5, 0.6) is 0 Å². The van der Waals surface area contributed by atoms with Crippen LogP contribution in [0.15, 0.2) is 0 Å². The van der Waals surface area contributed by atoms with E-state index >= 15 is 0 Å². The quantitative estimate of drug-likeness (QED) is 0.714. The molecule has 2 atom stereocenters. The smallest absolute Gasteiger partial charge is 0.327 e. The lowest BCUT2D eigenvalue weighted by Gasteiger charge is -2.23. The van der Waals surface area contributed by atoms with E-state index in [-0.39, 0.29) is 11.9 Å². The van der Waals surface area contributed by atoms with Crippen LogP contribution in [0.2, 0.25) is 0 Å². The van der Waals surface area contributed by atoms with Gasteiger partial charge in [0.15, 0.2) is 5.92 Å². The van der Waals surface area contributed by atoms with Crippen molar-refractivity contribution in [2.24, 2.45) is 11.8 Å². The summed E-state index contributed by atoms with van der Waals surface area (Å²) in [6.07, 6.45) is 0.877. The van der Waals surface area contributed by atoms with Crippen LogP contribution in [0.1, 0.15) is 40.5 Å². The van der Waals surface area contributed by atoms with Crippen LogP contribution >= 0.6 is 0 Å². The first-order valence-electron chi connectivity index (χ1n) is 6.07. The van der Waals surface area contributed by atoms with Crippen molar-refractivity contribution < 1.29 is 19.1 Å². The Labute approximate surface area is 107 Å². The molecule has 0 amide bonds. The first kappa shape index (κ1) is 14.5. The lowest BCUT2D eigenvalue weighted by atomic mass is 10.1. The monoisotopic (exact) mass is 253 g/mol. The van der Waals surface area contributed by atoms with Gasteiger partial charge in [0.1, 0.15) is 11.7 Å². The van der Waals surface area contributed by atoms with Gasteiger partial charge in [-0.25, -0.2) is 0 Å². The number of hydrogen-bond donors (Lipinski definition) is 0. The van der Waals surface area contributed by atoms with Gasteiger partial charge in [0.05, 0.1) is 12.0 Å². The summed E-state index contributed by atoms with van der Waals surface area (Å²) < 4.78 is 10.2. The first-order chi connectivity index (χ1) is 8.24. The summed E-state index contributed by atoms with van der Waals surface area (Å²) in [6.45, 7) is 6.71. The molecule has 1 aliphatic rings. The van der Waals surface area contributed by atoms with Crippen molar-refractivity contribution in [3.05, 3.63) is 0 Å². The van der Waals surface area contributed by atoms with Crippen LogP contribution in [0.3, 0.4) is 0 Å². The van der Waals surface area contributed by atoms with Crippen molar-refractivity contribution in [2.45, 2.75) is 52.2 Å². The van der Waals surface area contributed by atoms with Crippen LogP contribution < -0.4 is 0 Å². The van der Waals surface area contributed by atoms with Crippen LogP contribution in [-0.2, 0) is 19.1 Å². The maximum atomic E-state index is 11.8. The number of ether oxygens (including phenoxy) is 2. The highest BCUT2D eigenvalue weighted by Crippen LogP contribution is 2.31. The molecule has 0 heterocycles. The van der Waals surface area contributed by atoms with Gasteiger partial charge >= 0.3 is 11.9 Å². The number of carbonyl (C=O) groups is 2. The standard InChI is InChI=1S/C13H19NO4/c1-8(17-11(15)9-5-6-9)10(7-14)12(16)18-13(2,3)4/h8-10H,5-6H2,1-4H3. The van der Waals surface area contributed by atoms with E-state index in [0.29, 0.717) is 0 Å². The van der Waals surface area contributed by atoms with Gasteiger partial charge < -0.3 is 9.47 Å². The Morgan fingerprint density at radius 1 is 1.33 bits per heavy atom. The molecule has 0 aromatic heterocycles. The molecule has 5 nitrogen and oxygen atoms in total. The van der Waals surface area contributed by atoms with Gasteiger partial charge in [-0.05, 0) is 40.5 Å². The summed E-state index contributed by atoms with van der Waals surface area (Å²) in [4.78, 5) is 23.2. The minimum atomic E-state index is -1.08. The molecule has 0 radical (unpaired) electrons. The highest BCUT2D eigenvalue weighted by molar-refractivity contribution is 5.78. The Balaban J connectivity index is 2.56. The Bertz CT molecular complexity index is 373. The normalized spacial score (nSPS) is 18.4. The van der Waals surface area contributed by atoms with E-state index in [4.69, 9.17) is 14.7 Å². The van der Waals surface area contributed by atoms with Crippen LogP contribution in [-0.4, -0.2) is 23.6 Å². The highest BCUT2D eigenvalue weighted by atomic mass is 16.6. The zero-order valence-electron chi connectivity index (χ0n) is 11.2. The molecule has 0 aliphatic heterocycles. The molecule has 1 aliphatic carbocycles. The molecule has 2 unspecified atom stereocenters. The molecule has 18 heavy (non-hydrogen) atoms. The number of esters is 2. The van der Waals surface area contributed by atoms with Crippen molar-refractivity contribution >= 4 is 11.9 Å². The van der Waals surface area contributed by atoms with Crippen LogP contribution in [0.4, 0.5) is 0 Å². The Morgan fingerprint density at radius 3 is 2.28 bits per heavy atom. The predicted molar refractivity (Wildman–Crippen MR) is 63.2 cm³/mol. The van der Waals surface area contributed by atoms with Gasteiger partial charge in [-0.2, -0.15) is 5.26 Å². The molecule has 1 saturated carbocycles. The third kappa shape index (κ3) is 4.36. The number of rotatable bonds is 4. The number of hydrogen-bond acceptors (Lipinski definition) is 5. The largest absolute Gasteiger partial charge is 0.460 e. The van der Waals surface area contributed by atoms with Crippen molar-refractivity contribution in [1.29, 1.82) is 5.26 Å². The second kappa shape index (κ2) is 5.38. The Hall–Kier alpha value is -1.57. The van der Waals surface area contributed by atoms with Crippen LogP contribution in [0, 0.1) is 23.2 Å². The van der Waals surface area contributed by atoms with Gasteiger partial charge in [0, 0.05) is 0 Å². The average Bonchev–Trinajstić information content (AvgIpc) is 2.97. The van der Waals surface area contributed by atoms with E-state index in [1.807, 2.05) is 6.07 Å². The second-order valence-electron chi connectivity index (χ2n) is 5.56. The van der Waals surface area contributed by atoms with E-state index in [9.17, 15) is 9.59 Å². The summed E-state index contributed by atoms with van der Waals surface area (Å²) in [7, 11) is 0. The van der Waals surface area contributed by atoms with Crippen molar-refractivity contribution in [1.82, 2.24) is 0 Å². The van der Waals surface area contributed by atoms with Gasteiger partial charge in [-0.15, -0.1) is 0 Å². The van der Waals surface area contributed by atoms with Crippen molar-refractivity contribution in [2.75, 3.05) is 0 Å². The van der Waals surface area contributed by atoms with Crippen molar-refractivity contribution in [3.8, 4) is 6.07 Å². The Morgan fingerprint density at radius 2 is 1.89 bits per heavy atom. The first-order valence-corrected chi connectivity index (χ1v) is 6.07. The van der Waals surface area contributed by atoms with Gasteiger partial charge in [0.25, 0.3) is 0 Å². The molecular formula is C13H19NO4. The molecule has 0 bridgehead atoms. The molecular weight excluding hydrogens is 234 g/mol. The molecule has 0 saturated heterocycles. The average molecular weight is 253 g/mol. The highest BCUT2D eigenvalue weighted by Gasteiger charge is 2.36. The van der Waals surface area contributed by atoms with Gasteiger partial charge in [-0.3, -0.25) is 9.59 Å². The van der Waals surface area contributed by atoms with Gasteiger partial charge in [0.2, 0.25) is 0 Å². The van der Waals surface area contributed by atoms with E-state index in [1.165, 1.54) is 6.92 Å². The van der Waals surface area contributed by atoms with Gasteiger partial charge in [-0.1, -0.05) is 0 Å². The van der Waals surface area contributed by atoms with Crippen LogP contribution in [0.25, 0.3) is 0 Å². The summed E-state index contributed by atoms with van der Waals surface area (Å²) in [5.41, 5.74) is -0.660. The topological polar surface area (TPSA) is 76.4 Å². The van der Waals surface area contributed by atoms with E-state index < -0.39 is 23.6 Å². The lowest BCUT2D eigenvalue weighted by Crippen LogP contribution is -2.35. The number of nitrogens with zero attached hydrogens (tertiary/aromatic N) is 1.